The molecule has 0 saturated carbocycles. The van der Waals surface area contributed by atoms with Gasteiger partial charge in [-0.15, -0.1) is 6.58 Å². The predicted octanol–water partition coefficient (Wildman–Crippen LogP) is 5.52. The smallest absolute Gasteiger partial charge is 0.223 e. The van der Waals surface area contributed by atoms with Crippen molar-refractivity contribution in [3.05, 3.63) is 84.4 Å². The van der Waals surface area contributed by atoms with Crippen LogP contribution in [0.1, 0.15) is 49.8 Å². The molecule has 2 nitrogen and oxygen atoms in total. The van der Waals surface area contributed by atoms with E-state index < -0.39 is 0 Å². The molecule has 0 aromatic heterocycles. The van der Waals surface area contributed by atoms with Gasteiger partial charge in [-0.25, -0.2) is 0 Å². The maximum atomic E-state index is 12.7. The van der Waals surface area contributed by atoms with E-state index in [-0.39, 0.29) is 11.9 Å². The third kappa shape index (κ3) is 5.09. The van der Waals surface area contributed by atoms with Crippen LogP contribution in [0.15, 0.2) is 73.3 Å². The molecule has 2 heteroatoms. The second kappa shape index (κ2) is 9.71. The molecular weight excluding hydrogens is 294 g/mol. The van der Waals surface area contributed by atoms with Crippen molar-refractivity contribution in [2.45, 2.75) is 45.2 Å². The van der Waals surface area contributed by atoms with Crippen LogP contribution < -0.4 is 0 Å². The lowest BCUT2D eigenvalue weighted by Gasteiger charge is -2.32. The minimum absolute atomic E-state index is 0.110. The molecule has 24 heavy (non-hydrogen) atoms. The van der Waals surface area contributed by atoms with Crippen LogP contribution >= 0.6 is 0 Å². The molecule has 0 aliphatic rings. The zero-order chi connectivity index (χ0) is 17.2. The molecule has 0 bridgehead atoms. The summed E-state index contributed by atoms with van der Waals surface area (Å²) in [4.78, 5) is 14.7. The lowest BCUT2D eigenvalue weighted by atomic mass is 9.98. The number of benzene rings is 2. The number of amides is 1. The Bertz CT molecular complexity index is 621. The highest BCUT2D eigenvalue weighted by Crippen LogP contribution is 2.29. The van der Waals surface area contributed by atoms with Crippen LogP contribution in [-0.2, 0) is 11.3 Å². The van der Waals surface area contributed by atoms with E-state index in [4.69, 9.17) is 0 Å². The van der Waals surface area contributed by atoms with Crippen molar-refractivity contribution in [3.63, 3.8) is 0 Å². The number of hydrogen-bond donors (Lipinski definition) is 0. The monoisotopic (exact) mass is 321 g/mol. The molecule has 2 rings (SSSR count). The molecule has 1 atom stereocenters. The van der Waals surface area contributed by atoms with Gasteiger partial charge in [-0.1, -0.05) is 73.7 Å². The number of unbranched alkanes of at least 4 members (excludes halogenated alkanes) is 1. The fourth-order valence-electron chi connectivity index (χ4n) is 2.99. The predicted molar refractivity (Wildman–Crippen MR) is 101 cm³/mol. The van der Waals surface area contributed by atoms with Gasteiger partial charge in [0.15, 0.2) is 0 Å². The van der Waals surface area contributed by atoms with Gasteiger partial charge in [0.1, 0.15) is 0 Å². The first-order valence-electron chi connectivity index (χ1n) is 8.75. The molecule has 0 heterocycles. The van der Waals surface area contributed by atoms with E-state index in [2.05, 4.69) is 30.8 Å². The van der Waals surface area contributed by atoms with Crippen molar-refractivity contribution in [2.75, 3.05) is 0 Å². The van der Waals surface area contributed by atoms with Crippen LogP contribution in [-0.4, -0.2) is 10.8 Å². The Kier molecular flexibility index (Phi) is 7.28. The topological polar surface area (TPSA) is 20.3 Å². The van der Waals surface area contributed by atoms with Gasteiger partial charge in [0, 0.05) is 13.0 Å². The largest absolute Gasteiger partial charge is 0.331 e. The number of allylic oxidation sites excluding steroid dienone is 1. The first kappa shape index (κ1) is 18.0. The molecule has 0 N–H and O–H groups in total. The first-order valence-corrected chi connectivity index (χ1v) is 8.75. The number of carbonyl (C=O) groups is 1. The van der Waals surface area contributed by atoms with Crippen molar-refractivity contribution >= 4 is 5.91 Å². The van der Waals surface area contributed by atoms with E-state index in [9.17, 15) is 4.79 Å². The van der Waals surface area contributed by atoms with Crippen LogP contribution in [0.2, 0.25) is 0 Å². The Morgan fingerprint density at radius 3 is 2.29 bits per heavy atom. The van der Waals surface area contributed by atoms with Crippen LogP contribution in [0.5, 0.6) is 0 Å². The molecule has 1 amide bonds. The van der Waals surface area contributed by atoms with Gasteiger partial charge >= 0.3 is 0 Å². The standard InChI is InChI=1S/C22H27NO/c1-3-5-8-17-21(20-15-11-7-12-16-20)23(22(24)4-2)18-19-13-9-6-10-14-19/h3,6-7,9-16,21H,1,4-5,8,17-18H2,2H3. The fourth-order valence-corrected chi connectivity index (χ4v) is 2.99. The van der Waals surface area contributed by atoms with Crippen LogP contribution in [0.25, 0.3) is 0 Å². The van der Waals surface area contributed by atoms with E-state index >= 15 is 0 Å². The van der Waals surface area contributed by atoms with Crippen molar-refractivity contribution in [3.8, 4) is 0 Å². The first-order chi connectivity index (χ1) is 11.8. The SMILES string of the molecule is C=CCCCC(c1ccccc1)N(Cc1ccccc1)C(=O)CC. The fraction of sp³-hybridized carbons (Fsp3) is 0.318. The second-order valence-electron chi connectivity index (χ2n) is 6.01. The average Bonchev–Trinajstić information content (AvgIpc) is 2.65. The molecule has 0 aliphatic heterocycles. The molecule has 0 saturated heterocycles. The molecule has 126 valence electrons. The molecule has 2 aromatic rings. The molecule has 0 fully saturated rings. The highest BCUT2D eigenvalue weighted by molar-refractivity contribution is 5.76. The Morgan fingerprint density at radius 2 is 1.71 bits per heavy atom. The van der Waals surface area contributed by atoms with Gasteiger partial charge in [0.25, 0.3) is 0 Å². The third-order valence-electron chi connectivity index (χ3n) is 4.26. The minimum atomic E-state index is 0.110. The molecule has 0 radical (unpaired) electrons. The summed E-state index contributed by atoms with van der Waals surface area (Å²) in [6, 6.07) is 20.7. The summed E-state index contributed by atoms with van der Waals surface area (Å²) in [5.41, 5.74) is 2.38. The highest BCUT2D eigenvalue weighted by atomic mass is 16.2. The van der Waals surface area contributed by atoms with Crippen molar-refractivity contribution < 1.29 is 4.79 Å². The molecule has 0 spiro atoms. The van der Waals surface area contributed by atoms with Crippen molar-refractivity contribution in [1.29, 1.82) is 0 Å². The summed E-state index contributed by atoms with van der Waals surface area (Å²) in [5, 5.41) is 0. The summed E-state index contributed by atoms with van der Waals surface area (Å²) >= 11 is 0. The van der Waals surface area contributed by atoms with Gasteiger partial charge in [-0.05, 0) is 30.4 Å². The van der Waals surface area contributed by atoms with Gasteiger partial charge in [-0.2, -0.15) is 0 Å². The zero-order valence-electron chi connectivity index (χ0n) is 14.5. The number of hydrogen-bond acceptors (Lipinski definition) is 1. The number of rotatable bonds is 9. The van der Waals surface area contributed by atoms with Crippen LogP contribution in [0.3, 0.4) is 0 Å². The maximum absolute atomic E-state index is 12.7. The van der Waals surface area contributed by atoms with Crippen molar-refractivity contribution in [1.82, 2.24) is 4.90 Å². The lowest BCUT2D eigenvalue weighted by molar-refractivity contribution is -0.134. The Labute approximate surface area is 145 Å². The van der Waals surface area contributed by atoms with E-state index in [1.165, 1.54) is 11.1 Å². The third-order valence-corrected chi connectivity index (χ3v) is 4.26. The average molecular weight is 321 g/mol. The quantitative estimate of drug-likeness (QED) is 0.440. The second-order valence-corrected chi connectivity index (χ2v) is 6.01. The Balaban J connectivity index is 2.28. The summed E-state index contributed by atoms with van der Waals surface area (Å²) in [6.07, 6.45) is 5.44. The number of carbonyl (C=O) groups excluding carboxylic acids is 1. The summed E-state index contributed by atoms with van der Waals surface area (Å²) in [6.45, 7) is 6.40. The van der Waals surface area contributed by atoms with E-state index in [0.717, 1.165) is 19.3 Å². The van der Waals surface area contributed by atoms with Gasteiger partial charge in [0.2, 0.25) is 5.91 Å². The Hall–Kier alpha value is -2.35. The van der Waals surface area contributed by atoms with Gasteiger partial charge < -0.3 is 4.90 Å². The van der Waals surface area contributed by atoms with Crippen LogP contribution in [0, 0.1) is 0 Å². The molecular formula is C22H27NO. The van der Waals surface area contributed by atoms with Crippen LogP contribution in [0.4, 0.5) is 0 Å². The van der Waals surface area contributed by atoms with Crippen molar-refractivity contribution in [2.24, 2.45) is 0 Å². The minimum Gasteiger partial charge on any atom is -0.331 e. The summed E-state index contributed by atoms with van der Waals surface area (Å²) in [5.74, 6) is 0.200. The zero-order valence-corrected chi connectivity index (χ0v) is 14.5. The van der Waals surface area contributed by atoms with Gasteiger partial charge in [-0.3, -0.25) is 4.79 Å². The summed E-state index contributed by atoms with van der Waals surface area (Å²) in [7, 11) is 0. The van der Waals surface area contributed by atoms with E-state index in [1.807, 2.05) is 54.3 Å². The molecule has 2 aromatic carbocycles. The highest BCUT2D eigenvalue weighted by Gasteiger charge is 2.23. The van der Waals surface area contributed by atoms with Gasteiger partial charge in [0.05, 0.1) is 6.04 Å². The van der Waals surface area contributed by atoms with E-state index in [0.29, 0.717) is 13.0 Å². The summed E-state index contributed by atoms with van der Waals surface area (Å²) < 4.78 is 0. The Morgan fingerprint density at radius 1 is 1.08 bits per heavy atom. The van der Waals surface area contributed by atoms with E-state index in [1.54, 1.807) is 0 Å². The number of nitrogens with zero attached hydrogens (tertiary/aromatic N) is 1. The molecule has 0 aliphatic carbocycles. The lowest BCUT2D eigenvalue weighted by Crippen LogP contribution is -2.34. The normalized spacial score (nSPS) is 11.7. The molecule has 1 unspecified atom stereocenters. The maximum Gasteiger partial charge on any atom is 0.223 e.